The summed E-state index contributed by atoms with van der Waals surface area (Å²) in [4.78, 5) is 9.55. The van der Waals surface area contributed by atoms with Crippen molar-refractivity contribution in [3.63, 3.8) is 0 Å². The Hall–Kier alpha value is -0.750. The zero-order valence-corrected chi connectivity index (χ0v) is 7.34. The van der Waals surface area contributed by atoms with Crippen molar-refractivity contribution < 1.29 is 9.90 Å². The number of carbonyl (C=O) groups is 1. The minimum absolute atomic E-state index is 0.00350. The molecule has 1 aliphatic carbocycles. The van der Waals surface area contributed by atoms with Crippen LogP contribution in [0.5, 0.6) is 0 Å². The number of nitrogens with zero attached hydrogens (tertiary/aromatic N) is 1. The molecule has 1 fully saturated rings. The van der Waals surface area contributed by atoms with Gasteiger partial charge in [0, 0.05) is 5.92 Å². The van der Waals surface area contributed by atoms with Crippen LogP contribution in [0.4, 0.5) is 0 Å². The monoisotopic (exact) mass is 187 g/mol. The largest absolute Gasteiger partial charge is 0.480 e. The van der Waals surface area contributed by atoms with Gasteiger partial charge in [0.1, 0.15) is 4.87 Å². The molecule has 0 atom stereocenters. The van der Waals surface area contributed by atoms with Crippen LogP contribution in [0.1, 0.15) is 25.7 Å². The van der Waals surface area contributed by atoms with Crippen molar-refractivity contribution in [1.82, 2.24) is 0 Å². The predicted octanol–water partition coefficient (Wildman–Crippen LogP) is 1.76. The quantitative estimate of drug-likeness (QED) is 0.637. The van der Waals surface area contributed by atoms with Gasteiger partial charge >= 0.3 is 5.97 Å². The topological polar surface area (TPSA) is 61.1 Å². The number of rotatable bonds is 1. The van der Waals surface area contributed by atoms with Gasteiger partial charge in [0.15, 0.2) is 0 Å². The number of hydrogen-bond donors (Lipinski definition) is 1. The molecule has 0 aromatic rings. The summed E-state index contributed by atoms with van der Waals surface area (Å²) in [5, 5.41) is 17.3. The molecule has 3 nitrogen and oxygen atoms in total. The van der Waals surface area contributed by atoms with Crippen molar-refractivity contribution in [1.29, 1.82) is 5.26 Å². The lowest BCUT2D eigenvalue weighted by Gasteiger charge is -2.28. The first-order chi connectivity index (χ1) is 5.58. The molecular formula is C8H10ClNO2. The molecule has 0 spiro atoms. The Balaban J connectivity index is 2.56. The van der Waals surface area contributed by atoms with Crippen LogP contribution in [0.3, 0.4) is 0 Å². The maximum absolute atomic E-state index is 10.7. The number of hydrogen-bond acceptors (Lipinski definition) is 2. The van der Waals surface area contributed by atoms with Crippen LogP contribution in [0.2, 0.25) is 0 Å². The standard InChI is InChI=1S/C8H10ClNO2/c9-8(7(11)12)3-1-6(5-10)2-4-8/h6H,1-4H2,(H,11,12). The van der Waals surface area contributed by atoms with Crippen molar-refractivity contribution in [2.24, 2.45) is 5.92 Å². The molecule has 0 radical (unpaired) electrons. The average Bonchev–Trinajstić information content (AvgIpc) is 2.06. The van der Waals surface area contributed by atoms with Crippen molar-refractivity contribution in [2.75, 3.05) is 0 Å². The molecule has 4 heteroatoms. The number of nitriles is 1. The molecule has 0 bridgehead atoms. The lowest BCUT2D eigenvalue weighted by atomic mass is 9.82. The molecule has 1 N–H and O–H groups in total. The van der Waals surface area contributed by atoms with E-state index in [1.54, 1.807) is 0 Å². The van der Waals surface area contributed by atoms with E-state index >= 15 is 0 Å². The average molecular weight is 188 g/mol. The van der Waals surface area contributed by atoms with Crippen LogP contribution in [0.15, 0.2) is 0 Å². The van der Waals surface area contributed by atoms with Crippen LogP contribution in [-0.4, -0.2) is 16.0 Å². The SMILES string of the molecule is N#CC1CCC(Cl)(C(=O)O)CC1. The minimum atomic E-state index is -1.10. The smallest absolute Gasteiger partial charge is 0.324 e. The van der Waals surface area contributed by atoms with Gasteiger partial charge in [-0.05, 0) is 25.7 Å². The number of carboxylic acid groups (broad SMARTS) is 1. The van der Waals surface area contributed by atoms with Gasteiger partial charge in [-0.1, -0.05) is 0 Å². The maximum atomic E-state index is 10.7. The fourth-order valence-corrected chi connectivity index (χ4v) is 1.64. The maximum Gasteiger partial charge on any atom is 0.324 e. The summed E-state index contributed by atoms with van der Waals surface area (Å²) in [6.07, 6.45) is 2.02. The number of aliphatic carboxylic acids is 1. The van der Waals surface area contributed by atoms with Crippen molar-refractivity contribution in [3.8, 4) is 6.07 Å². The van der Waals surface area contributed by atoms with E-state index in [2.05, 4.69) is 6.07 Å². The molecule has 66 valence electrons. The molecular weight excluding hydrogens is 178 g/mol. The highest BCUT2D eigenvalue weighted by molar-refractivity contribution is 6.33. The van der Waals surface area contributed by atoms with Crippen LogP contribution in [-0.2, 0) is 4.79 Å². The molecule has 12 heavy (non-hydrogen) atoms. The number of carboxylic acids is 1. The first kappa shape index (κ1) is 9.34. The second-order valence-corrected chi connectivity index (χ2v) is 3.90. The van der Waals surface area contributed by atoms with Crippen LogP contribution >= 0.6 is 11.6 Å². The van der Waals surface area contributed by atoms with E-state index in [0.717, 1.165) is 0 Å². The van der Waals surface area contributed by atoms with Crippen LogP contribution < -0.4 is 0 Å². The molecule has 0 heterocycles. The van der Waals surface area contributed by atoms with E-state index in [9.17, 15) is 4.79 Å². The normalized spacial score (nSPS) is 35.5. The van der Waals surface area contributed by atoms with Gasteiger partial charge in [0.05, 0.1) is 6.07 Å². The summed E-state index contributed by atoms with van der Waals surface area (Å²) in [6.45, 7) is 0. The van der Waals surface area contributed by atoms with Gasteiger partial charge in [-0.3, -0.25) is 4.79 Å². The summed E-state index contributed by atoms with van der Waals surface area (Å²) in [6, 6.07) is 2.13. The highest BCUT2D eigenvalue weighted by Crippen LogP contribution is 2.36. The third-order valence-electron chi connectivity index (χ3n) is 2.34. The summed E-state index contributed by atoms with van der Waals surface area (Å²) in [7, 11) is 0. The predicted molar refractivity (Wildman–Crippen MR) is 43.8 cm³/mol. The van der Waals surface area contributed by atoms with Gasteiger partial charge in [-0.25, -0.2) is 0 Å². The minimum Gasteiger partial charge on any atom is -0.480 e. The molecule has 1 aliphatic rings. The fourth-order valence-electron chi connectivity index (χ4n) is 1.42. The van der Waals surface area contributed by atoms with Gasteiger partial charge in [0.2, 0.25) is 0 Å². The first-order valence-electron chi connectivity index (χ1n) is 3.90. The first-order valence-corrected chi connectivity index (χ1v) is 4.28. The Labute approximate surface area is 75.9 Å². The van der Waals surface area contributed by atoms with Crippen molar-refractivity contribution >= 4 is 17.6 Å². The lowest BCUT2D eigenvalue weighted by molar-refractivity contribution is -0.141. The lowest BCUT2D eigenvalue weighted by Crippen LogP contribution is -2.36. The van der Waals surface area contributed by atoms with E-state index in [1.165, 1.54) is 0 Å². The second kappa shape index (κ2) is 3.32. The Morgan fingerprint density at radius 2 is 2.08 bits per heavy atom. The third kappa shape index (κ3) is 1.70. The van der Waals surface area contributed by atoms with Crippen molar-refractivity contribution in [3.05, 3.63) is 0 Å². The molecule has 0 amide bonds. The Morgan fingerprint density at radius 3 is 2.42 bits per heavy atom. The van der Waals surface area contributed by atoms with Gasteiger partial charge in [-0.15, -0.1) is 11.6 Å². The summed E-state index contributed by atoms with van der Waals surface area (Å²) in [5.41, 5.74) is 0. The van der Waals surface area contributed by atoms with E-state index < -0.39 is 10.8 Å². The van der Waals surface area contributed by atoms with E-state index in [-0.39, 0.29) is 5.92 Å². The van der Waals surface area contributed by atoms with Crippen LogP contribution in [0, 0.1) is 17.2 Å². The molecule has 1 saturated carbocycles. The van der Waals surface area contributed by atoms with E-state index in [0.29, 0.717) is 25.7 Å². The highest BCUT2D eigenvalue weighted by Gasteiger charge is 2.39. The van der Waals surface area contributed by atoms with Gasteiger partial charge in [-0.2, -0.15) is 5.26 Å². The van der Waals surface area contributed by atoms with E-state index in [4.69, 9.17) is 22.0 Å². The van der Waals surface area contributed by atoms with Gasteiger partial charge < -0.3 is 5.11 Å². The fraction of sp³-hybridized carbons (Fsp3) is 0.750. The molecule has 0 saturated heterocycles. The number of alkyl halides is 1. The van der Waals surface area contributed by atoms with E-state index in [1.807, 2.05) is 0 Å². The zero-order valence-electron chi connectivity index (χ0n) is 6.59. The zero-order chi connectivity index (χ0) is 9.19. The Bertz CT molecular complexity index is 226. The highest BCUT2D eigenvalue weighted by atomic mass is 35.5. The summed E-state index contributed by atoms with van der Waals surface area (Å²) in [5.74, 6) is -0.961. The second-order valence-electron chi connectivity index (χ2n) is 3.17. The molecule has 1 rings (SSSR count). The Morgan fingerprint density at radius 1 is 1.58 bits per heavy atom. The number of halogens is 1. The Kier molecular flexibility index (Phi) is 2.58. The molecule has 0 aromatic carbocycles. The summed E-state index contributed by atoms with van der Waals surface area (Å²) < 4.78 is 0. The molecule has 0 aliphatic heterocycles. The molecule has 0 aromatic heterocycles. The van der Waals surface area contributed by atoms with Crippen molar-refractivity contribution in [2.45, 2.75) is 30.6 Å². The van der Waals surface area contributed by atoms with Gasteiger partial charge in [0.25, 0.3) is 0 Å². The summed E-state index contributed by atoms with van der Waals surface area (Å²) >= 11 is 5.82. The molecule has 0 unspecified atom stereocenters. The van der Waals surface area contributed by atoms with Crippen LogP contribution in [0.25, 0.3) is 0 Å². The third-order valence-corrected chi connectivity index (χ3v) is 2.88.